The standard InChI is InChI=1S/C10H12N6O2S/c11-13-15-19(17,18)10-5-3-9(4-6-10)12-14-16-7-1-2-8-16/h3-6H,1-2,7-8H2. The lowest BCUT2D eigenvalue weighted by molar-refractivity contribution is 0.336. The summed E-state index contributed by atoms with van der Waals surface area (Å²) in [6, 6.07) is 5.70. The van der Waals surface area contributed by atoms with Crippen molar-refractivity contribution in [3.63, 3.8) is 0 Å². The molecule has 1 saturated heterocycles. The quantitative estimate of drug-likeness (QED) is 0.480. The average molecular weight is 280 g/mol. The van der Waals surface area contributed by atoms with Gasteiger partial charge in [-0.2, -0.15) is 0 Å². The van der Waals surface area contributed by atoms with Gasteiger partial charge in [-0.15, -0.1) is 5.11 Å². The molecule has 100 valence electrons. The van der Waals surface area contributed by atoms with Crippen LogP contribution in [0.15, 0.2) is 44.0 Å². The van der Waals surface area contributed by atoms with Crippen LogP contribution in [0.1, 0.15) is 12.8 Å². The second-order valence-corrected chi connectivity index (χ2v) is 5.58. The first kappa shape index (κ1) is 13.3. The van der Waals surface area contributed by atoms with E-state index in [0.717, 1.165) is 25.9 Å². The van der Waals surface area contributed by atoms with Crippen LogP contribution in [-0.2, 0) is 10.0 Å². The zero-order valence-corrected chi connectivity index (χ0v) is 10.9. The molecule has 1 aliphatic heterocycles. The van der Waals surface area contributed by atoms with Crippen LogP contribution in [0.3, 0.4) is 0 Å². The number of benzene rings is 1. The molecule has 1 aliphatic rings. The van der Waals surface area contributed by atoms with E-state index in [1.54, 1.807) is 0 Å². The minimum Gasteiger partial charge on any atom is -0.278 e. The largest absolute Gasteiger partial charge is 0.278 e. The van der Waals surface area contributed by atoms with E-state index >= 15 is 0 Å². The predicted molar refractivity (Wildman–Crippen MR) is 68.1 cm³/mol. The molecule has 1 aromatic rings. The van der Waals surface area contributed by atoms with Gasteiger partial charge in [-0.25, -0.2) is 8.42 Å². The van der Waals surface area contributed by atoms with E-state index in [0.29, 0.717) is 5.69 Å². The topological polar surface area (TPSA) is 111 Å². The number of hydrogen-bond acceptors (Lipinski definition) is 4. The first-order valence-corrected chi connectivity index (χ1v) is 7.14. The fourth-order valence-electron chi connectivity index (χ4n) is 1.68. The van der Waals surface area contributed by atoms with Gasteiger partial charge in [0.05, 0.1) is 10.6 Å². The number of rotatable bonds is 4. The molecule has 0 saturated carbocycles. The van der Waals surface area contributed by atoms with Gasteiger partial charge in [0.2, 0.25) is 0 Å². The smallest absolute Gasteiger partial charge is 0.264 e. The second kappa shape index (κ2) is 5.68. The molecule has 0 N–H and O–H groups in total. The van der Waals surface area contributed by atoms with Gasteiger partial charge in [0.25, 0.3) is 10.0 Å². The normalized spacial score (nSPS) is 15.7. The first-order chi connectivity index (χ1) is 9.12. The Kier molecular flexibility index (Phi) is 3.98. The molecule has 0 atom stereocenters. The third kappa shape index (κ3) is 3.43. The van der Waals surface area contributed by atoms with Crippen molar-refractivity contribution in [2.75, 3.05) is 13.1 Å². The number of hydrogen-bond donors (Lipinski definition) is 0. The number of azide groups is 1. The molecule has 1 heterocycles. The molecular weight excluding hydrogens is 268 g/mol. The van der Waals surface area contributed by atoms with E-state index in [4.69, 9.17) is 5.53 Å². The lowest BCUT2D eigenvalue weighted by Gasteiger charge is -2.06. The molecule has 0 aliphatic carbocycles. The van der Waals surface area contributed by atoms with Gasteiger partial charge in [0.15, 0.2) is 0 Å². The summed E-state index contributed by atoms with van der Waals surface area (Å²) in [4.78, 5) is 2.22. The summed E-state index contributed by atoms with van der Waals surface area (Å²) in [5.41, 5.74) is 8.71. The van der Waals surface area contributed by atoms with Crippen molar-refractivity contribution in [3.05, 3.63) is 34.7 Å². The Labute approximate surface area is 110 Å². The Balaban J connectivity index is 2.12. The summed E-state index contributed by atoms with van der Waals surface area (Å²) >= 11 is 0. The molecule has 0 amide bonds. The SMILES string of the molecule is [N-]=[N+]=NS(=O)(=O)c1ccc(N=NN2CCCC2)cc1. The van der Waals surface area contributed by atoms with E-state index in [9.17, 15) is 8.42 Å². The van der Waals surface area contributed by atoms with Crippen LogP contribution in [0.4, 0.5) is 5.69 Å². The monoisotopic (exact) mass is 280 g/mol. The van der Waals surface area contributed by atoms with Gasteiger partial charge in [0.1, 0.15) is 0 Å². The average Bonchev–Trinajstić information content (AvgIpc) is 2.90. The Morgan fingerprint density at radius 3 is 2.37 bits per heavy atom. The third-order valence-electron chi connectivity index (χ3n) is 2.65. The maximum Gasteiger partial charge on any atom is 0.264 e. The van der Waals surface area contributed by atoms with Crippen LogP contribution >= 0.6 is 0 Å². The molecule has 0 unspecified atom stereocenters. The molecule has 8 nitrogen and oxygen atoms in total. The lowest BCUT2D eigenvalue weighted by Crippen LogP contribution is -2.09. The highest BCUT2D eigenvalue weighted by Crippen LogP contribution is 2.19. The highest BCUT2D eigenvalue weighted by atomic mass is 32.2. The fraction of sp³-hybridized carbons (Fsp3) is 0.400. The van der Waals surface area contributed by atoms with Crippen molar-refractivity contribution in [1.29, 1.82) is 0 Å². The van der Waals surface area contributed by atoms with Gasteiger partial charge in [-0.3, -0.25) is 5.01 Å². The van der Waals surface area contributed by atoms with Crippen molar-refractivity contribution >= 4 is 15.7 Å². The molecule has 1 aromatic carbocycles. The van der Waals surface area contributed by atoms with Gasteiger partial charge in [-0.1, -0.05) is 5.22 Å². The van der Waals surface area contributed by atoms with Crippen molar-refractivity contribution in [1.82, 2.24) is 5.01 Å². The number of nitrogens with zero attached hydrogens (tertiary/aromatic N) is 6. The highest BCUT2D eigenvalue weighted by molar-refractivity contribution is 7.90. The van der Waals surface area contributed by atoms with E-state index < -0.39 is 10.0 Å². The van der Waals surface area contributed by atoms with Gasteiger partial charge < -0.3 is 0 Å². The summed E-state index contributed by atoms with van der Waals surface area (Å²) in [6.45, 7) is 1.79. The summed E-state index contributed by atoms with van der Waals surface area (Å²) in [5.74, 6) is 0. The van der Waals surface area contributed by atoms with Crippen molar-refractivity contribution in [2.45, 2.75) is 17.7 Å². The van der Waals surface area contributed by atoms with Crippen LogP contribution in [-0.4, -0.2) is 26.5 Å². The van der Waals surface area contributed by atoms with Crippen LogP contribution in [0.5, 0.6) is 0 Å². The molecule has 9 heteroatoms. The number of sulfonamides is 1. The zero-order chi connectivity index (χ0) is 13.7. The van der Waals surface area contributed by atoms with Crippen molar-refractivity contribution in [3.8, 4) is 0 Å². The summed E-state index contributed by atoms with van der Waals surface area (Å²) in [6.07, 6.45) is 2.23. The Morgan fingerprint density at radius 2 is 1.79 bits per heavy atom. The Bertz CT molecular complexity index is 612. The van der Waals surface area contributed by atoms with Crippen molar-refractivity contribution in [2.24, 2.45) is 14.9 Å². The van der Waals surface area contributed by atoms with Gasteiger partial charge >= 0.3 is 0 Å². The summed E-state index contributed by atoms with van der Waals surface area (Å²) in [5, 5.41) is 9.92. The first-order valence-electron chi connectivity index (χ1n) is 5.70. The molecule has 19 heavy (non-hydrogen) atoms. The van der Waals surface area contributed by atoms with Crippen LogP contribution < -0.4 is 0 Å². The van der Waals surface area contributed by atoms with Crippen LogP contribution in [0.25, 0.3) is 10.4 Å². The molecule has 2 rings (SSSR count). The summed E-state index contributed by atoms with van der Waals surface area (Å²) < 4.78 is 25.6. The molecule has 0 aromatic heterocycles. The molecular formula is C10H12N6O2S. The second-order valence-electron chi connectivity index (χ2n) is 3.99. The summed E-state index contributed by atoms with van der Waals surface area (Å²) in [7, 11) is -3.93. The molecule has 0 spiro atoms. The molecule has 0 radical (unpaired) electrons. The maximum atomic E-state index is 11.4. The Morgan fingerprint density at radius 1 is 1.16 bits per heavy atom. The van der Waals surface area contributed by atoms with E-state index in [2.05, 4.69) is 19.8 Å². The van der Waals surface area contributed by atoms with Crippen molar-refractivity contribution < 1.29 is 8.42 Å². The van der Waals surface area contributed by atoms with E-state index in [1.807, 2.05) is 5.01 Å². The lowest BCUT2D eigenvalue weighted by atomic mass is 10.3. The molecule has 0 bridgehead atoms. The van der Waals surface area contributed by atoms with Gasteiger partial charge in [-0.05, 0) is 42.6 Å². The van der Waals surface area contributed by atoms with Gasteiger partial charge in [0, 0.05) is 22.5 Å². The minimum atomic E-state index is -3.93. The van der Waals surface area contributed by atoms with Crippen LogP contribution in [0.2, 0.25) is 0 Å². The fourth-order valence-corrected chi connectivity index (χ4v) is 2.36. The third-order valence-corrected chi connectivity index (χ3v) is 3.80. The van der Waals surface area contributed by atoms with E-state index in [1.165, 1.54) is 24.3 Å². The zero-order valence-electron chi connectivity index (χ0n) is 10.0. The predicted octanol–water partition coefficient (Wildman–Crippen LogP) is 2.78. The van der Waals surface area contributed by atoms with Crippen LogP contribution in [0, 0.1) is 0 Å². The minimum absolute atomic E-state index is 0.0644. The molecule has 1 fully saturated rings. The van der Waals surface area contributed by atoms with E-state index in [-0.39, 0.29) is 4.90 Å². The maximum absolute atomic E-state index is 11.4. The Hall–Kier alpha value is -2.12. The highest BCUT2D eigenvalue weighted by Gasteiger charge is 2.11.